The summed E-state index contributed by atoms with van der Waals surface area (Å²) in [5, 5.41) is 0. The number of hydrogen-bond donors (Lipinski definition) is 0. The second-order valence-electron chi connectivity index (χ2n) is 4.86. The average Bonchev–Trinajstić information content (AvgIpc) is 2.61. The van der Waals surface area contributed by atoms with Crippen molar-refractivity contribution in [3.05, 3.63) is 34.6 Å². The van der Waals surface area contributed by atoms with Gasteiger partial charge in [0, 0.05) is 13.2 Å². The van der Waals surface area contributed by atoms with Gasteiger partial charge >= 0.3 is 5.97 Å². The summed E-state index contributed by atoms with van der Waals surface area (Å²) in [6, 6.07) is 0.515. The highest BCUT2D eigenvalue weighted by molar-refractivity contribution is 6.27. The number of hydrogen-bond acceptors (Lipinski definition) is 5. The van der Waals surface area contributed by atoms with Crippen molar-refractivity contribution in [3.8, 4) is 0 Å². The van der Waals surface area contributed by atoms with E-state index in [9.17, 15) is 26.7 Å². The summed E-state index contributed by atoms with van der Waals surface area (Å²) in [5.74, 6) is -12.8. The van der Waals surface area contributed by atoms with E-state index in [4.69, 9.17) is 13.9 Å². The van der Waals surface area contributed by atoms with Gasteiger partial charge in [0.25, 0.3) is 6.48 Å². The Labute approximate surface area is 149 Å². The molecule has 0 aliphatic rings. The van der Waals surface area contributed by atoms with E-state index in [2.05, 4.69) is 4.74 Å². The van der Waals surface area contributed by atoms with Crippen LogP contribution in [0.15, 0.2) is 0 Å². The summed E-state index contributed by atoms with van der Waals surface area (Å²) in [5.41, 5.74) is -1.61. The molecule has 0 unspecified atom stereocenters. The van der Waals surface area contributed by atoms with Crippen molar-refractivity contribution >= 4 is 15.7 Å². The maximum Gasteiger partial charge on any atom is 0.344 e. The molecule has 0 saturated heterocycles. The Morgan fingerprint density at radius 2 is 1.42 bits per heavy atom. The SMILES string of the molecule is CCOC(OCC)O[SiH2]CCCOC(=O)c1c(F)c(F)c(F)c(F)c1F. The molecule has 26 heavy (non-hydrogen) atoms. The molecule has 0 bridgehead atoms. The molecule has 11 heteroatoms. The quantitative estimate of drug-likeness (QED) is 0.108. The Balaban J connectivity index is 2.47. The lowest BCUT2D eigenvalue weighted by molar-refractivity contribution is -0.243. The second-order valence-corrected chi connectivity index (χ2v) is 6.31. The molecule has 0 atom stereocenters. The fourth-order valence-corrected chi connectivity index (χ4v) is 2.78. The van der Waals surface area contributed by atoms with Crippen molar-refractivity contribution in [3.63, 3.8) is 0 Å². The molecule has 148 valence electrons. The molecule has 0 aliphatic heterocycles. The minimum atomic E-state index is -2.34. The largest absolute Gasteiger partial charge is 0.462 e. The standard InChI is InChI=1S/C15H19F5O5Si/c1-3-22-15(23-4-2)25-26-7-5-6-24-14(21)8-9(16)11(18)13(20)12(19)10(8)17/h15H,3-7,26H2,1-2H3. The molecule has 1 aromatic rings. The molecule has 5 nitrogen and oxygen atoms in total. The average molecular weight is 402 g/mol. The van der Waals surface area contributed by atoms with Gasteiger partial charge in [0.15, 0.2) is 33.0 Å². The molecular formula is C15H19F5O5Si. The lowest BCUT2D eigenvalue weighted by atomic mass is 10.1. The number of ether oxygens (including phenoxy) is 3. The predicted molar refractivity (Wildman–Crippen MR) is 82.6 cm³/mol. The smallest absolute Gasteiger partial charge is 0.344 e. The normalized spacial score (nSPS) is 11.7. The summed E-state index contributed by atoms with van der Waals surface area (Å²) < 4.78 is 86.2. The molecule has 0 radical (unpaired) electrons. The first kappa shape index (κ1) is 22.5. The fourth-order valence-electron chi connectivity index (χ4n) is 1.82. The van der Waals surface area contributed by atoms with Crippen molar-refractivity contribution in [1.29, 1.82) is 0 Å². The molecule has 1 rings (SSSR count). The van der Waals surface area contributed by atoms with E-state index in [1.807, 2.05) is 0 Å². The van der Waals surface area contributed by atoms with E-state index in [0.29, 0.717) is 25.7 Å². The number of halogens is 5. The lowest BCUT2D eigenvalue weighted by Crippen LogP contribution is -2.23. The van der Waals surface area contributed by atoms with Crippen LogP contribution in [-0.4, -0.2) is 42.0 Å². The topological polar surface area (TPSA) is 54.0 Å². The van der Waals surface area contributed by atoms with Gasteiger partial charge in [-0.1, -0.05) is 0 Å². The van der Waals surface area contributed by atoms with Gasteiger partial charge in [-0.15, -0.1) is 0 Å². The predicted octanol–water partition coefficient (Wildman–Crippen LogP) is 2.80. The molecule has 0 N–H and O–H groups in total. The minimum Gasteiger partial charge on any atom is -0.462 e. The van der Waals surface area contributed by atoms with E-state index in [0.717, 1.165) is 0 Å². The number of rotatable bonds is 11. The lowest BCUT2D eigenvalue weighted by Gasteiger charge is -2.17. The van der Waals surface area contributed by atoms with E-state index in [1.54, 1.807) is 13.8 Å². The molecular weight excluding hydrogens is 383 g/mol. The third kappa shape index (κ3) is 6.00. The number of esters is 1. The second kappa shape index (κ2) is 11.2. The highest BCUT2D eigenvalue weighted by Crippen LogP contribution is 2.23. The van der Waals surface area contributed by atoms with Gasteiger partial charge in [0.05, 0.1) is 6.61 Å². The first-order valence-electron chi connectivity index (χ1n) is 7.88. The summed E-state index contributed by atoms with van der Waals surface area (Å²) in [6.07, 6.45) is 0.290. The zero-order chi connectivity index (χ0) is 19.7. The Morgan fingerprint density at radius 1 is 0.923 bits per heavy atom. The van der Waals surface area contributed by atoms with E-state index < -0.39 is 56.9 Å². The monoisotopic (exact) mass is 402 g/mol. The zero-order valence-electron chi connectivity index (χ0n) is 14.3. The van der Waals surface area contributed by atoms with E-state index in [1.165, 1.54) is 0 Å². The van der Waals surface area contributed by atoms with Crippen LogP contribution >= 0.6 is 0 Å². The van der Waals surface area contributed by atoms with Crippen molar-refractivity contribution in [2.45, 2.75) is 32.8 Å². The molecule has 0 aromatic heterocycles. The van der Waals surface area contributed by atoms with E-state index >= 15 is 0 Å². The minimum absolute atomic E-state index is 0.261. The molecule has 0 fully saturated rings. The maximum atomic E-state index is 13.5. The number of carbonyl (C=O) groups excluding carboxylic acids is 1. The first-order chi connectivity index (χ1) is 12.3. The van der Waals surface area contributed by atoms with Crippen molar-refractivity contribution < 1.29 is 45.4 Å². The van der Waals surface area contributed by atoms with Gasteiger partial charge in [0.2, 0.25) is 5.82 Å². The molecule has 0 saturated carbocycles. The van der Waals surface area contributed by atoms with Gasteiger partial charge in [-0.25, -0.2) is 26.7 Å². The summed E-state index contributed by atoms with van der Waals surface area (Å²) in [7, 11) is -1.08. The van der Waals surface area contributed by atoms with Crippen LogP contribution in [0.25, 0.3) is 0 Å². The van der Waals surface area contributed by atoms with Gasteiger partial charge in [0.1, 0.15) is 5.56 Å². The van der Waals surface area contributed by atoms with E-state index in [-0.39, 0.29) is 6.61 Å². The van der Waals surface area contributed by atoms with Gasteiger partial charge in [-0.2, -0.15) is 0 Å². The third-order valence-corrected chi connectivity index (χ3v) is 4.34. The highest BCUT2D eigenvalue weighted by atomic mass is 28.2. The molecule has 0 spiro atoms. The first-order valence-corrected chi connectivity index (χ1v) is 9.46. The van der Waals surface area contributed by atoms with Crippen LogP contribution in [0.3, 0.4) is 0 Å². The van der Waals surface area contributed by atoms with Crippen LogP contribution < -0.4 is 0 Å². The Bertz CT molecular complexity index is 582. The van der Waals surface area contributed by atoms with Crippen LogP contribution in [-0.2, 0) is 18.6 Å². The maximum absolute atomic E-state index is 13.5. The van der Waals surface area contributed by atoms with Crippen LogP contribution in [0.5, 0.6) is 0 Å². The zero-order valence-corrected chi connectivity index (χ0v) is 15.7. The molecule has 0 aliphatic carbocycles. The number of benzene rings is 1. The van der Waals surface area contributed by atoms with Crippen molar-refractivity contribution in [2.24, 2.45) is 0 Å². The van der Waals surface area contributed by atoms with Crippen LogP contribution in [0.2, 0.25) is 6.04 Å². The highest BCUT2D eigenvalue weighted by Gasteiger charge is 2.30. The van der Waals surface area contributed by atoms with Crippen LogP contribution in [0.1, 0.15) is 30.6 Å². The van der Waals surface area contributed by atoms with Crippen molar-refractivity contribution in [1.82, 2.24) is 0 Å². The van der Waals surface area contributed by atoms with Gasteiger partial charge < -0.3 is 18.6 Å². The van der Waals surface area contributed by atoms with Crippen molar-refractivity contribution in [2.75, 3.05) is 19.8 Å². The Kier molecular flexibility index (Phi) is 9.69. The summed E-state index contributed by atoms with van der Waals surface area (Å²) in [4.78, 5) is 11.6. The Morgan fingerprint density at radius 3 is 1.92 bits per heavy atom. The fraction of sp³-hybridized carbons (Fsp3) is 0.533. The van der Waals surface area contributed by atoms with Crippen LogP contribution in [0.4, 0.5) is 22.0 Å². The molecule has 0 heterocycles. The molecule has 1 aromatic carbocycles. The van der Waals surface area contributed by atoms with Gasteiger partial charge in [-0.05, 0) is 26.3 Å². The van der Waals surface area contributed by atoms with Crippen LogP contribution in [0, 0.1) is 29.1 Å². The number of carbonyl (C=O) groups is 1. The summed E-state index contributed by atoms with van der Waals surface area (Å²) >= 11 is 0. The Hall–Kier alpha value is -1.56. The molecule has 0 amide bonds. The summed E-state index contributed by atoms with van der Waals surface area (Å²) in [6.45, 7) is 3.32. The third-order valence-electron chi connectivity index (χ3n) is 3.05. The van der Waals surface area contributed by atoms with Gasteiger partial charge in [-0.3, -0.25) is 0 Å².